The van der Waals surface area contributed by atoms with E-state index in [2.05, 4.69) is 20.4 Å². The molecule has 10 heteroatoms. The van der Waals surface area contributed by atoms with Crippen molar-refractivity contribution in [3.63, 3.8) is 0 Å². The Labute approximate surface area is 147 Å². The fourth-order valence-electron chi connectivity index (χ4n) is 2.47. The maximum absolute atomic E-state index is 6.17. The second-order valence-electron chi connectivity index (χ2n) is 5.34. The first-order valence-electron chi connectivity index (χ1n) is 7.51. The fourth-order valence-corrected chi connectivity index (χ4v) is 4.18. The maximum Gasteiger partial charge on any atom is 0.210 e. The highest BCUT2D eigenvalue weighted by Gasteiger charge is 2.16. The van der Waals surface area contributed by atoms with E-state index in [9.17, 15) is 0 Å². The summed E-state index contributed by atoms with van der Waals surface area (Å²) in [5.74, 6) is 15.5. The molecule has 0 saturated heterocycles. The van der Waals surface area contributed by atoms with E-state index in [-0.39, 0.29) is 0 Å². The number of hydrogen-bond donors (Lipinski definition) is 2. The average Bonchev–Trinajstić information content (AvgIpc) is 3.14. The number of fused-ring (bicyclic) bond motifs is 8. The lowest BCUT2D eigenvalue weighted by atomic mass is 10.1. The summed E-state index contributed by atoms with van der Waals surface area (Å²) in [6.45, 7) is 0. The molecule has 0 spiro atoms. The smallest absolute Gasteiger partial charge is 0.210 e. The zero-order chi connectivity index (χ0) is 16.5. The van der Waals surface area contributed by atoms with Crippen LogP contribution in [0.15, 0.2) is 34.6 Å². The molecule has 124 valence electrons. The minimum Gasteiger partial charge on any atom is -0.335 e. The second kappa shape index (κ2) is 6.36. The van der Waals surface area contributed by atoms with Crippen LogP contribution < -0.4 is 11.7 Å². The van der Waals surface area contributed by atoms with Crippen LogP contribution in [-0.2, 0) is 0 Å². The first-order valence-corrected chi connectivity index (χ1v) is 9.48. The second-order valence-corrected chi connectivity index (χ2v) is 7.46. The molecule has 8 nitrogen and oxygen atoms in total. The van der Waals surface area contributed by atoms with Gasteiger partial charge in [-0.3, -0.25) is 0 Å². The summed E-state index contributed by atoms with van der Waals surface area (Å²) in [5.41, 5.74) is 1.72. The van der Waals surface area contributed by atoms with Gasteiger partial charge < -0.3 is 11.7 Å². The molecule has 0 amide bonds. The molecule has 0 saturated carbocycles. The molecule has 6 bridgehead atoms. The van der Waals surface area contributed by atoms with Crippen molar-refractivity contribution in [2.24, 2.45) is 0 Å². The van der Waals surface area contributed by atoms with E-state index in [1.54, 1.807) is 23.5 Å². The monoisotopic (exact) mass is 360 g/mol. The van der Waals surface area contributed by atoms with Gasteiger partial charge in [0.05, 0.1) is 0 Å². The van der Waals surface area contributed by atoms with Crippen LogP contribution in [0.3, 0.4) is 0 Å². The molecule has 2 aromatic heterocycles. The number of aromatic nitrogens is 6. The third kappa shape index (κ3) is 2.71. The topological polar surface area (TPSA) is 113 Å². The molecule has 1 aliphatic rings. The predicted molar refractivity (Wildman–Crippen MR) is 95.5 cm³/mol. The highest BCUT2D eigenvalue weighted by atomic mass is 32.2. The minimum atomic E-state index is 0.618. The van der Waals surface area contributed by atoms with Crippen LogP contribution in [0.2, 0.25) is 0 Å². The van der Waals surface area contributed by atoms with Gasteiger partial charge >= 0.3 is 0 Å². The molecule has 24 heavy (non-hydrogen) atoms. The number of nitrogen functional groups attached to an aromatic ring is 2. The van der Waals surface area contributed by atoms with E-state index in [0.717, 1.165) is 45.8 Å². The zero-order valence-electron chi connectivity index (χ0n) is 12.8. The van der Waals surface area contributed by atoms with E-state index < -0.39 is 0 Å². The Morgan fingerprint density at radius 2 is 1.29 bits per heavy atom. The van der Waals surface area contributed by atoms with Crippen LogP contribution in [-0.4, -0.2) is 41.3 Å². The summed E-state index contributed by atoms with van der Waals surface area (Å²) in [7, 11) is 0. The molecule has 4 rings (SSSR count). The Kier molecular flexibility index (Phi) is 4.07. The molecule has 0 atom stereocenters. The first-order chi connectivity index (χ1) is 11.7. The summed E-state index contributed by atoms with van der Waals surface area (Å²) in [6.07, 6.45) is 2.11. The molecular formula is C14H16N8S2. The fraction of sp³-hybridized carbons (Fsp3) is 0.286. The van der Waals surface area contributed by atoms with Crippen LogP contribution in [0.4, 0.5) is 0 Å². The van der Waals surface area contributed by atoms with Crippen LogP contribution in [0.5, 0.6) is 0 Å². The maximum atomic E-state index is 6.17. The lowest BCUT2D eigenvalue weighted by Gasteiger charge is -2.06. The number of hydrogen-bond acceptors (Lipinski definition) is 8. The Bertz CT molecular complexity index is 804. The molecule has 0 fully saturated rings. The zero-order valence-corrected chi connectivity index (χ0v) is 14.4. The lowest BCUT2D eigenvalue weighted by Crippen LogP contribution is -2.12. The largest absolute Gasteiger partial charge is 0.335 e. The van der Waals surface area contributed by atoms with Gasteiger partial charge in [0.15, 0.2) is 11.6 Å². The third-order valence-electron chi connectivity index (χ3n) is 3.71. The number of benzene rings is 1. The van der Waals surface area contributed by atoms with Gasteiger partial charge in [-0.05, 0) is 18.9 Å². The van der Waals surface area contributed by atoms with Crippen molar-refractivity contribution in [1.29, 1.82) is 0 Å². The molecule has 0 radical (unpaired) electrons. The molecule has 4 N–H and O–H groups in total. The van der Waals surface area contributed by atoms with Gasteiger partial charge in [-0.1, -0.05) is 41.7 Å². The van der Waals surface area contributed by atoms with Crippen LogP contribution >= 0.6 is 23.5 Å². The van der Waals surface area contributed by atoms with Crippen LogP contribution in [0, 0.1) is 0 Å². The molecule has 1 aliphatic heterocycles. The van der Waals surface area contributed by atoms with E-state index in [1.165, 1.54) is 9.35 Å². The standard InChI is InChI=1S/C14H16N8S2/c15-21-11-9-4-3-5-10(8-9)12-18-20-14(22(12)16)24-7-2-1-6-23-13(21)19-17-11/h3-5,8H,1-2,6-7,15-16H2. The number of nitrogens with zero attached hydrogens (tertiary/aromatic N) is 6. The van der Waals surface area contributed by atoms with Crippen LogP contribution in [0.1, 0.15) is 12.8 Å². The van der Waals surface area contributed by atoms with Crippen molar-refractivity contribution >= 4 is 23.5 Å². The van der Waals surface area contributed by atoms with E-state index >= 15 is 0 Å². The summed E-state index contributed by atoms with van der Waals surface area (Å²) in [4.78, 5) is 0. The van der Waals surface area contributed by atoms with Gasteiger partial charge in [-0.25, -0.2) is 9.35 Å². The van der Waals surface area contributed by atoms with E-state index in [0.29, 0.717) is 11.6 Å². The summed E-state index contributed by atoms with van der Waals surface area (Å²) in [5, 5.41) is 18.3. The Morgan fingerprint density at radius 1 is 0.792 bits per heavy atom. The normalized spacial score (nSPS) is 14.8. The highest BCUT2D eigenvalue weighted by Crippen LogP contribution is 2.28. The number of thioether (sulfide) groups is 2. The van der Waals surface area contributed by atoms with Crippen LogP contribution in [0.25, 0.3) is 22.8 Å². The quantitative estimate of drug-likeness (QED) is 0.581. The van der Waals surface area contributed by atoms with Crippen molar-refractivity contribution in [2.45, 2.75) is 23.2 Å². The minimum absolute atomic E-state index is 0.618. The third-order valence-corrected chi connectivity index (χ3v) is 5.77. The first kappa shape index (κ1) is 15.3. The molecule has 3 aromatic rings. The van der Waals surface area contributed by atoms with Gasteiger partial charge in [0, 0.05) is 22.6 Å². The SMILES string of the molecule is Nn1c2nnc1-c1cccc(c1)-c1nnc(n1N)SCCCCS2. The predicted octanol–water partition coefficient (Wildman–Crippen LogP) is 1.61. The van der Waals surface area contributed by atoms with Crippen molar-refractivity contribution in [3.8, 4) is 22.8 Å². The van der Waals surface area contributed by atoms with E-state index in [4.69, 9.17) is 11.7 Å². The molecule has 0 aliphatic carbocycles. The van der Waals surface area contributed by atoms with Gasteiger partial charge in [0.2, 0.25) is 10.3 Å². The molecule has 0 unspecified atom stereocenters. The lowest BCUT2D eigenvalue weighted by molar-refractivity contribution is 0.835. The van der Waals surface area contributed by atoms with Crippen molar-refractivity contribution in [1.82, 2.24) is 29.7 Å². The molecule has 3 heterocycles. The highest BCUT2D eigenvalue weighted by molar-refractivity contribution is 7.99. The number of rotatable bonds is 0. The summed E-state index contributed by atoms with van der Waals surface area (Å²) < 4.78 is 3.08. The van der Waals surface area contributed by atoms with Gasteiger partial charge in [0.25, 0.3) is 0 Å². The van der Waals surface area contributed by atoms with Gasteiger partial charge in [-0.15, -0.1) is 20.4 Å². The van der Waals surface area contributed by atoms with Crippen molar-refractivity contribution in [3.05, 3.63) is 24.3 Å². The van der Waals surface area contributed by atoms with Crippen molar-refractivity contribution in [2.75, 3.05) is 23.2 Å². The molecular weight excluding hydrogens is 344 g/mol. The van der Waals surface area contributed by atoms with E-state index in [1.807, 2.05) is 24.3 Å². The Balaban J connectivity index is 1.83. The Morgan fingerprint density at radius 3 is 1.79 bits per heavy atom. The summed E-state index contributed by atoms with van der Waals surface area (Å²) >= 11 is 3.24. The van der Waals surface area contributed by atoms with Crippen molar-refractivity contribution < 1.29 is 0 Å². The number of nitrogens with two attached hydrogens (primary N) is 2. The molecule has 1 aromatic carbocycles. The summed E-state index contributed by atoms with van der Waals surface area (Å²) in [6, 6.07) is 7.75. The van der Waals surface area contributed by atoms with Gasteiger partial charge in [0.1, 0.15) is 0 Å². The van der Waals surface area contributed by atoms with Gasteiger partial charge in [-0.2, -0.15) is 0 Å². The average molecular weight is 360 g/mol. The Hall–Kier alpha value is -2.20.